The highest BCUT2D eigenvalue weighted by atomic mass is 32.2. The van der Waals surface area contributed by atoms with Gasteiger partial charge in [-0.3, -0.25) is 0 Å². The molecule has 3 rings (SSSR count). The molecule has 1 aliphatic heterocycles. The molecule has 0 bridgehead atoms. The number of hydrogen-bond acceptors (Lipinski definition) is 4. The molecule has 1 heterocycles. The number of rotatable bonds is 6. The first kappa shape index (κ1) is 19.8. The Hall–Kier alpha value is -1.99. The molecule has 2 aromatic carbocycles. The third-order valence-electron chi connectivity index (χ3n) is 4.24. The van der Waals surface area contributed by atoms with E-state index in [4.69, 9.17) is 0 Å². The molecule has 0 radical (unpaired) electrons. The third kappa shape index (κ3) is 6.29. The Morgan fingerprint density at radius 1 is 1.11 bits per heavy atom. The monoisotopic (exact) mass is 403 g/mol. The minimum atomic E-state index is -2.90. The number of guanidine groups is 1. The van der Waals surface area contributed by atoms with Crippen LogP contribution < -0.4 is 10.6 Å². The molecule has 1 saturated heterocycles. The van der Waals surface area contributed by atoms with Crippen molar-refractivity contribution in [2.45, 2.75) is 35.7 Å². The molecule has 0 aromatic heterocycles. The van der Waals surface area contributed by atoms with Crippen LogP contribution >= 0.6 is 11.8 Å². The van der Waals surface area contributed by atoms with Gasteiger partial charge in [0.25, 0.3) is 0 Å². The molecule has 2 aromatic rings. The molecular formula is C20H25N3O2S2. The maximum absolute atomic E-state index is 11.6. The summed E-state index contributed by atoms with van der Waals surface area (Å²) in [5.74, 6) is 1.11. The van der Waals surface area contributed by atoms with Crippen molar-refractivity contribution in [1.29, 1.82) is 0 Å². The van der Waals surface area contributed by atoms with Crippen LogP contribution in [-0.2, 0) is 16.4 Å². The number of benzene rings is 2. The fourth-order valence-electron chi connectivity index (χ4n) is 2.88. The van der Waals surface area contributed by atoms with Gasteiger partial charge in [0.1, 0.15) is 0 Å². The summed E-state index contributed by atoms with van der Waals surface area (Å²) < 4.78 is 23.2. The summed E-state index contributed by atoms with van der Waals surface area (Å²) in [6.45, 7) is 3.28. The highest BCUT2D eigenvalue weighted by Crippen LogP contribution is 2.27. The van der Waals surface area contributed by atoms with Gasteiger partial charge in [0, 0.05) is 22.4 Å². The number of aliphatic imine (C=N–C) groups is 1. The van der Waals surface area contributed by atoms with E-state index in [0.29, 0.717) is 18.9 Å². The number of hydrogen-bond donors (Lipinski definition) is 2. The molecule has 27 heavy (non-hydrogen) atoms. The number of nitrogens with zero attached hydrogens (tertiary/aromatic N) is 1. The summed E-state index contributed by atoms with van der Waals surface area (Å²) in [5, 5.41) is 6.43. The molecule has 0 saturated carbocycles. The van der Waals surface area contributed by atoms with Crippen LogP contribution in [0, 0.1) is 0 Å². The summed E-state index contributed by atoms with van der Waals surface area (Å²) >= 11 is 1.73. The van der Waals surface area contributed by atoms with Crippen molar-refractivity contribution in [1.82, 2.24) is 10.6 Å². The highest BCUT2D eigenvalue weighted by molar-refractivity contribution is 7.99. The van der Waals surface area contributed by atoms with E-state index in [1.807, 2.05) is 25.1 Å². The standard InChI is InChI=1S/C20H25N3O2S2/c1-2-21-20(23-17-12-13-27(24,25)15-17)22-14-16-8-10-19(11-9-16)26-18-6-4-3-5-7-18/h3-11,17H,2,12-15H2,1H3,(H2,21,22,23). The van der Waals surface area contributed by atoms with E-state index in [2.05, 4.69) is 52.0 Å². The van der Waals surface area contributed by atoms with Gasteiger partial charge in [0.15, 0.2) is 15.8 Å². The first-order valence-corrected chi connectivity index (χ1v) is 11.7. The molecule has 0 amide bonds. The molecule has 0 spiro atoms. The lowest BCUT2D eigenvalue weighted by atomic mass is 10.2. The fourth-order valence-corrected chi connectivity index (χ4v) is 5.39. The average molecular weight is 404 g/mol. The van der Waals surface area contributed by atoms with Crippen LogP contribution in [0.4, 0.5) is 0 Å². The van der Waals surface area contributed by atoms with Gasteiger partial charge in [-0.25, -0.2) is 13.4 Å². The molecule has 144 valence electrons. The van der Waals surface area contributed by atoms with Crippen LogP contribution in [0.25, 0.3) is 0 Å². The predicted octanol–water partition coefficient (Wildman–Crippen LogP) is 3.08. The summed E-state index contributed by atoms with van der Waals surface area (Å²) in [6.07, 6.45) is 0.637. The van der Waals surface area contributed by atoms with Gasteiger partial charge >= 0.3 is 0 Å². The SMILES string of the molecule is CCNC(=NCc1ccc(Sc2ccccc2)cc1)NC1CCS(=O)(=O)C1. The zero-order valence-electron chi connectivity index (χ0n) is 15.4. The Balaban J connectivity index is 1.58. The lowest BCUT2D eigenvalue weighted by molar-refractivity contribution is 0.599. The molecule has 1 aliphatic rings. The molecule has 1 atom stereocenters. The van der Waals surface area contributed by atoms with Gasteiger partial charge in [0.2, 0.25) is 0 Å². The van der Waals surface area contributed by atoms with E-state index in [-0.39, 0.29) is 17.5 Å². The maximum Gasteiger partial charge on any atom is 0.191 e. The summed E-state index contributed by atoms with van der Waals surface area (Å²) in [6, 6.07) is 18.6. The van der Waals surface area contributed by atoms with E-state index >= 15 is 0 Å². The summed E-state index contributed by atoms with van der Waals surface area (Å²) in [7, 11) is -2.90. The fraction of sp³-hybridized carbons (Fsp3) is 0.350. The predicted molar refractivity (Wildman–Crippen MR) is 112 cm³/mol. The molecule has 1 unspecified atom stereocenters. The third-order valence-corrected chi connectivity index (χ3v) is 7.02. The van der Waals surface area contributed by atoms with Crippen molar-refractivity contribution in [3.63, 3.8) is 0 Å². The second-order valence-corrected chi connectivity index (χ2v) is 9.87. The first-order valence-electron chi connectivity index (χ1n) is 9.11. The van der Waals surface area contributed by atoms with Gasteiger partial charge in [0.05, 0.1) is 18.1 Å². The Kier molecular flexibility index (Phi) is 6.79. The molecule has 1 fully saturated rings. The molecular weight excluding hydrogens is 378 g/mol. The van der Waals surface area contributed by atoms with Gasteiger partial charge in [-0.1, -0.05) is 42.1 Å². The molecule has 7 heteroatoms. The Labute approximate surface area is 165 Å². The quantitative estimate of drug-likeness (QED) is 0.573. The summed E-state index contributed by atoms with van der Waals surface area (Å²) in [5.41, 5.74) is 1.11. The van der Waals surface area contributed by atoms with Gasteiger partial charge < -0.3 is 10.6 Å². The van der Waals surface area contributed by atoms with Crippen LogP contribution in [0.5, 0.6) is 0 Å². The van der Waals surface area contributed by atoms with Crippen LogP contribution in [-0.4, -0.2) is 38.5 Å². The van der Waals surface area contributed by atoms with Crippen molar-refractivity contribution in [3.05, 3.63) is 60.2 Å². The van der Waals surface area contributed by atoms with Gasteiger partial charge in [-0.05, 0) is 43.2 Å². The second-order valence-electron chi connectivity index (χ2n) is 6.50. The zero-order chi connectivity index (χ0) is 19.1. The van der Waals surface area contributed by atoms with E-state index in [1.165, 1.54) is 9.79 Å². The first-order chi connectivity index (χ1) is 13.0. The lowest BCUT2D eigenvalue weighted by Crippen LogP contribution is -2.44. The van der Waals surface area contributed by atoms with Crippen LogP contribution in [0.15, 0.2) is 69.4 Å². The van der Waals surface area contributed by atoms with Crippen molar-refractivity contribution in [2.75, 3.05) is 18.1 Å². The van der Waals surface area contributed by atoms with Crippen LogP contribution in [0.1, 0.15) is 18.9 Å². The summed E-state index contributed by atoms with van der Waals surface area (Å²) in [4.78, 5) is 7.01. The smallest absolute Gasteiger partial charge is 0.191 e. The number of nitrogens with one attached hydrogen (secondary N) is 2. The van der Waals surface area contributed by atoms with Crippen LogP contribution in [0.3, 0.4) is 0 Å². The maximum atomic E-state index is 11.6. The minimum Gasteiger partial charge on any atom is -0.357 e. The number of sulfone groups is 1. The van der Waals surface area contributed by atoms with E-state index in [9.17, 15) is 8.42 Å². The van der Waals surface area contributed by atoms with Crippen LogP contribution in [0.2, 0.25) is 0 Å². The Morgan fingerprint density at radius 3 is 2.44 bits per heavy atom. The lowest BCUT2D eigenvalue weighted by Gasteiger charge is -2.15. The van der Waals surface area contributed by atoms with Crippen molar-refractivity contribution in [2.24, 2.45) is 4.99 Å². The normalized spacial score (nSPS) is 19.0. The second kappa shape index (κ2) is 9.28. The van der Waals surface area contributed by atoms with Crippen molar-refractivity contribution >= 4 is 27.6 Å². The topological polar surface area (TPSA) is 70.6 Å². The van der Waals surface area contributed by atoms with E-state index < -0.39 is 9.84 Å². The van der Waals surface area contributed by atoms with E-state index in [0.717, 1.165) is 12.1 Å². The Morgan fingerprint density at radius 2 is 1.81 bits per heavy atom. The largest absolute Gasteiger partial charge is 0.357 e. The van der Waals surface area contributed by atoms with Gasteiger partial charge in [-0.15, -0.1) is 0 Å². The molecule has 0 aliphatic carbocycles. The highest BCUT2D eigenvalue weighted by Gasteiger charge is 2.28. The van der Waals surface area contributed by atoms with E-state index in [1.54, 1.807) is 11.8 Å². The Bertz CT molecular complexity index is 866. The minimum absolute atomic E-state index is 0.0579. The molecule has 5 nitrogen and oxygen atoms in total. The zero-order valence-corrected chi connectivity index (χ0v) is 17.0. The average Bonchev–Trinajstić information content (AvgIpc) is 3.00. The van der Waals surface area contributed by atoms with Gasteiger partial charge in [-0.2, -0.15) is 0 Å². The van der Waals surface area contributed by atoms with Crippen molar-refractivity contribution < 1.29 is 8.42 Å². The van der Waals surface area contributed by atoms with Crippen molar-refractivity contribution in [3.8, 4) is 0 Å². The molecule has 2 N–H and O–H groups in total.